The first-order valence-electron chi connectivity index (χ1n) is 5.14. The van der Waals surface area contributed by atoms with E-state index in [4.69, 9.17) is 5.11 Å². The Kier molecular flexibility index (Phi) is 4.47. The quantitative estimate of drug-likeness (QED) is 0.881. The van der Waals surface area contributed by atoms with Crippen LogP contribution in [-0.4, -0.2) is 40.9 Å². The molecule has 96 valence electrons. The number of halogens is 3. The number of pyridine rings is 1. The van der Waals surface area contributed by atoms with E-state index >= 15 is 0 Å². The summed E-state index contributed by atoms with van der Waals surface area (Å²) in [6, 6.07) is 3.61. The molecule has 0 radical (unpaired) electrons. The van der Waals surface area contributed by atoms with E-state index in [2.05, 4.69) is 4.98 Å². The monoisotopic (exact) mass is 248 g/mol. The van der Waals surface area contributed by atoms with Crippen molar-refractivity contribution in [2.24, 2.45) is 0 Å². The van der Waals surface area contributed by atoms with Crippen molar-refractivity contribution in [2.75, 3.05) is 13.6 Å². The number of hydrogen-bond acceptors (Lipinski definition) is 3. The molecule has 6 heteroatoms. The largest absolute Gasteiger partial charge is 0.415 e. The fourth-order valence-electron chi connectivity index (χ4n) is 1.40. The highest BCUT2D eigenvalue weighted by molar-refractivity contribution is 5.17. The van der Waals surface area contributed by atoms with Gasteiger partial charge in [0.2, 0.25) is 0 Å². The molecule has 0 saturated carbocycles. The smallest absolute Gasteiger partial charge is 0.382 e. The van der Waals surface area contributed by atoms with Crippen LogP contribution in [0.2, 0.25) is 0 Å². The van der Waals surface area contributed by atoms with Gasteiger partial charge in [0.25, 0.3) is 0 Å². The molecule has 0 saturated heterocycles. The summed E-state index contributed by atoms with van der Waals surface area (Å²) in [5.41, 5.74) is 1.63. The normalized spacial score (nSPS) is 14.1. The second kappa shape index (κ2) is 5.46. The molecule has 0 aliphatic rings. The maximum atomic E-state index is 12.1. The van der Waals surface area contributed by atoms with Gasteiger partial charge in [0.15, 0.2) is 6.10 Å². The average Bonchev–Trinajstić information content (AvgIpc) is 2.20. The van der Waals surface area contributed by atoms with Crippen molar-refractivity contribution in [3.05, 3.63) is 29.6 Å². The van der Waals surface area contributed by atoms with Crippen molar-refractivity contribution in [1.82, 2.24) is 9.88 Å². The first-order chi connectivity index (χ1) is 7.80. The number of rotatable bonds is 4. The molecule has 0 aliphatic heterocycles. The van der Waals surface area contributed by atoms with E-state index in [1.165, 1.54) is 11.9 Å². The zero-order valence-electron chi connectivity index (χ0n) is 9.70. The predicted molar refractivity (Wildman–Crippen MR) is 57.4 cm³/mol. The van der Waals surface area contributed by atoms with Crippen LogP contribution in [0.25, 0.3) is 0 Å². The van der Waals surface area contributed by atoms with Crippen molar-refractivity contribution in [2.45, 2.75) is 25.7 Å². The number of aryl methyl sites for hydroxylation is 1. The minimum atomic E-state index is -4.58. The van der Waals surface area contributed by atoms with Crippen LogP contribution < -0.4 is 0 Å². The standard InChI is InChI=1S/C11H15F3N2O/c1-8-4-3-5-15-9(8)6-16(2)7-10(17)11(12,13)14/h3-5,10,17H,6-7H2,1-2H3. The number of hydrogen-bond donors (Lipinski definition) is 1. The van der Waals surface area contributed by atoms with Gasteiger partial charge in [-0.3, -0.25) is 9.88 Å². The number of likely N-dealkylation sites (N-methyl/N-ethyl adjacent to an activating group) is 1. The van der Waals surface area contributed by atoms with Gasteiger partial charge in [-0.15, -0.1) is 0 Å². The Morgan fingerprint density at radius 1 is 1.47 bits per heavy atom. The molecule has 17 heavy (non-hydrogen) atoms. The molecule has 1 rings (SSSR count). The Balaban J connectivity index is 2.56. The van der Waals surface area contributed by atoms with Gasteiger partial charge in [-0.25, -0.2) is 0 Å². The van der Waals surface area contributed by atoms with E-state index in [0.29, 0.717) is 5.69 Å². The minimum absolute atomic E-state index is 0.278. The van der Waals surface area contributed by atoms with E-state index in [1.54, 1.807) is 12.3 Å². The zero-order chi connectivity index (χ0) is 13.1. The number of aliphatic hydroxyl groups excluding tert-OH is 1. The van der Waals surface area contributed by atoms with Crippen LogP contribution in [0.5, 0.6) is 0 Å². The van der Waals surface area contributed by atoms with Crippen LogP contribution in [0, 0.1) is 6.92 Å². The predicted octanol–water partition coefficient (Wildman–Crippen LogP) is 1.75. The van der Waals surface area contributed by atoms with Gasteiger partial charge in [-0.05, 0) is 25.6 Å². The molecule has 1 atom stereocenters. The summed E-state index contributed by atoms with van der Waals surface area (Å²) in [6.07, 6.45) is -5.31. The molecule has 0 aromatic carbocycles. The van der Waals surface area contributed by atoms with Crippen molar-refractivity contribution in [3.8, 4) is 0 Å². The molecule has 0 fully saturated rings. The highest BCUT2D eigenvalue weighted by Crippen LogP contribution is 2.20. The van der Waals surface area contributed by atoms with Crippen molar-refractivity contribution >= 4 is 0 Å². The van der Waals surface area contributed by atoms with Crippen LogP contribution in [0.4, 0.5) is 13.2 Å². The number of aromatic nitrogens is 1. The van der Waals surface area contributed by atoms with E-state index < -0.39 is 18.8 Å². The third-order valence-corrected chi connectivity index (χ3v) is 2.40. The highest BCUT2D eigenvalue weighted by atomic mass is 19.4. The average molecular weight is 248 g/mol. The lowest BCUT2D eigenvalue weighted by atomic mass is 10.2. The summed E-state index contributed by atoms with van der Waals surface area (Å²) in [4.78, 5) is 5.48. The minimum Gasteiger partial charge on any atom is -0.382 e. The molecule has 1 aromatic rings. The maximum Gasteiger partial charge on any atom is 0.415 e. The highest BCUT2D eigenvalue weighted by Gasteiger charge is 2.38. The molecule has 0 aliphatic carbocycles. The van der Waals surface area contributed by atoms with E-state index in [1.807, 2.05) is 13.0 Å². The van der Waals surface area contributed by atoms with Crippen molar-refractivity contribution in [1.29, 1.82) is 0 Å². The zero-order valence-corrected chi connectivity index (χ0v) is 9.70. The third kappa shape index (κ3) is 4.32. The van der Waals surface area contributed by atoms with Gasteiger partial charge in [0.05, 0.1) is 5.69 Å². The SMILES string of the molecule is Cc1cccnc1CN(C)CC(O)C(F)(F)F. The summed E-state index contributed by atoms with van der Waals surface area (Å²) in [5.74, 6) is 0. The second-order valence-corrected chi connectivity index (χ2v) is 4.02. The fourth-order valence-corrected chi connectivity index (χ4v) is 1.40. The Hall–Kier alpha value is -1.14. The number of aliphatic hydroxyl groups is 1. The Morgan fingerprint density at radius 3 is 2.65 bits per heavy atom. The topological polar surface area (TPSA) is 36.4 Å². The maximum absolute atomic E-state index is 12.1. The van der Waals surface area contributed by atoms with E-state index in [9.17, 15) is 13.2 Å². The van der Waals surface area contributed by atoms with Gasteiger partial charge in [-0.1, -0.05) is 6.07 Å². The molecule has 1 unspecified atom stereocenters. The third-order valence-electron chi connectivity index (χ3n) is 2.40. The van der Waals surface area contributed by atoms with E-state index in [0.717, 1.165) is 5.56 Å². The Labute approximate surface area is 97.9 Å². The lowest BCUT2D eigenvalue weighted by Gasteiger charge is -2.22. The van der Waals surface area contributed by atoms with Gasteiger partial charge in [0, 0.05) is 19.3 Å². The Bertz CT molecular complexity index is 368. The van der Waals surface area contributed by atoms with Crippen molar-refractivity contribution in [3.63, 3.8) is 0 Å². The molecule has 0 spiro atoms. The molecule has 1 aromatic heterocycles. The van der Waals surface area contributed by atoms with Gasteiger partial charge in [0.1, 0.15) is 0 Å². The second-order valence-electron chi connectivity index (χ2n) is 4.02. The van der Waals surface area contributed by atoms with Crippen LogP contribution in [0.3, 0.4) is 0 Å². The summed E-state index contributed by atoms with van der Waals surface area (Å²) in [6.45, 7) is 1.66. The summed E-state index contributed by atoms with van der Waals surface area (Å²) >= 11 is 0. The van der Waals surface area contributed by atoms with Crippen LogP contribution in [-0.2, 0) is 6.54 Å². The lowest BCUT2D eigenvalue weighted by Crippen LogP contribution is -2.39. The van der Waals surface area contributed by atoms with Gasteiger partial charge in [-0.2, -0.15) is 13.2 Å². The van der Waals surface area contributed by atoms with Gasteiger partial charge < -0.3 is 5.11 Å². The molecular weight excluding hydrogens is 233 g/mol. The van der Waals surface area contributed by atoms with Crippen molar-refractivity contribution < 1.29 is 18.3 Å². The Morgan fingerprint density at radius 2 is 2.12 bits per heavy atom. The lowest BCUT2D eigenvalue weighted by molar-refractivity contribution is -0.207. The molecule has 1 N–H and O–H groups in total. The summed E-state index contributed by atoms with van der Waals surface area (Å²) in [7, 11) is 1.52. The van der Waals surface area contributed by atoms with Crippen LogP contribution in [0.1, 0.15) is 11.3 Å². The summed E-state index contributed by atoms with van der Waals surface area (Å²) in [5, 5.41) is 8.92. The molecule has 0 bridgehead atoms. The van der Waals surface area contributed by atoms with Crippen LogP contribution >= 0.6 is 0 Å². The molecule has 3 nitrogen and oxygen atoms in total. The molecular formula is C11H15F3N2O. The van der Waals surface area contributed by atoms with Gasteiger partial charge >= 0.3 is 6.18 Å². The number of alkyl halides is 3. The van der Waals surface area contributed by atoms with Crippen LogP contribution in [0.15, 0.2) is 18.3 Å². The fraction of sp³-hybridized carbons (Fsp3) is 0.545. The van der Waals surface area contributed by atoms with E-state index in [-0.39, 0.29) is 6.54 Å². The molecule has 0 amide bonds. The first kappa shape index (κ1) is 13.9. The summed E-state index contributed by atoms with van der Waals surface area (Å²) < 4.78 is 36.4. The first-order valence-corrected chi connectivity index (χ1v) is 5.14. The molecule has 1 heterocycles. The number of nitrogens with zero attached hydrogens (tertiary/aromatic N) is 2.